The molecule has 0 heterocycles. The van der Waals surface area contributed by atoms with E-state index in [1.807, 2.05) is 19.1 Å². The molecule has 7 nitrogen and oxygen atoms in total. The normalized spacial score (nSPS) is 10.4. The van der Waals surface area contributed by atoms with Crippen molar-refractivity contribution in [3.05, 3.63) is 28.2 Å². The Bertz CT molecular complexity index is 546. The third-order valence-electron chi connectivity index (χ3n) is 2.52. The summed E-state index contributed by atoms with van der Waals surface area (Å²) in [7, 11) is 0. The van der Waals surface area contributed by atoms with Crippen LogP contribution < -0.4 is 16.8 Å². The number of aryl methyl sites for hydroxylation is 1. The van der Waals surface area contributed by atoms with Gasteiger partial charge in [0.1, 0.15) is 0 Å². The molecule has 0 aliphatic heterocycles. The van der Waals surface area contributed by atoms with Crippen LogP contribution in [0, 0.1) is 6.92 Å². The number of carbonyl (C=O) groups excluding carboxylic acids is 3. The topological polar surface area (TPSA) is 119 Å². The number of nitrogens with two attached hydrogens (primary N) is 2. The van der Waals surface area contributed by atoms with Gasteiger partial charge in [0.25, 0.3) is 0 Å². The van der Waals surface area contributed by atoms with Gasteiger partial charge in [-0.1, -0.05) is 6.07 Å². The van der Waals surface area contributed by atoms with Crippen molar-refractivity contribution >= 4 is 39.3 Å². The second-order valence-electron chi connectivity index (χ2n) is 4.61. The van der Waals surface area contributed by atoms with Crippen LogP contribution in [0.15, 0.2) is 22.7 Å². The van der Waals surface area contributed by atoms with Crippen molar-refractivity contribution in [1.29, 1.82) is 0 Å². The number of carbonyl (C=O) groups is 3. The average molecular weight is 357 g/mol. The standard InChI is InChI=1S/C13H17BrN4O3/c1-8-2-3-10(9(14)4-8)17-13(21)7-18(5-11(15)19)6-12(16)20/h2-4H,5-7H2,1H3,(H2,15,19)(H2,16,20)(H,17,21). The predicted molar refractivity (Wildman–Crippen MR) is 82.3 cm³/mol. The lowest BCUT2D eigenvalue weighted by molar-refractivity contribution is -0.123. The zero-order valence-corrected chi connectivity index (χ0v) is 13.1. The second kappa shape index (κ2) is 7.75. The maximum absolute atomic E-state index is 11.9. The zero-order valence-electron chi connectivity index (χ0n) is 11.6. The summed E-state index contributed by atoms with van der Waals surface area (Å²) in [6, 6.07) is 5.47. The number of nitrogens with zero attached hydrogens (tertiary/aromatic N) is 1. The number of hydrogen-bond donors (Lipinski definition) is 3. The highest BCUT2D eigenvalue weighted by Gasteiger charge is 2.16. The third-order valence-corrected chi connectivity index (χ3v) is 3.18. The van der Waals surface area contributed by atoms with Gasteiger partial charge >= 0.3 is 0 Å². The van der Waals surface area contributed by atoms with Crippen molar-refractivity contribution in [1.82, 2.24) is 4.90 Å². The summed E-state index contributed by atoms with van der Waals surface area (Å²) in [5.74, 6) is -1.65. The minimum Gasteiger partial charge on any atom is -0.369 e. The average Bonchev–Trinajstić information content (AvgIpc) is 2.30. The molecule has 1 rings (SSSR count). The van der Waals surface area contributed by atoms with E-state index >= 15 is 0 Å². The van der Waals surface area contributed by atoms with Crippen LogP contribution in [-0.4, -0.2) is 42.3 Å². The summed E-state index contributed by atoms with van der Waals surface area (Å²) in [5.41, 5.74) is 11.8. The summed E-state index contributed by atoms with van der Waals surface area (Å²) in [5, 5.41) is 2.68. The summed E-state index contributed by atoms with van der Waals surface area (Å²) in [4.78, 5) is 35.0. The van der Waals surface area contributed by atoms with Gasteiger partial charge in [-0.3, -0.25) is 19.3 Å². The first-order chi connectivity index (χ1) is 9.77. The van der Waals surface area contributed by atoms with Crippen LogP contribution in [0.25, 0.3) is 0 Å². The first-order valence-corrected chi connectivity index (χ1v) is 6.92. The van der Waals surface area contributed by atoms with Crippen molar-refractivity contribution in [2.45, 2.75) is 6.92 Å². The number of rotatable bonds is 7. The number of primary amides is 2. The Kier molecular flexibility index (Phi) is 6.32. The van der Waals surface area contributed by atoms with Crippen LogP contribution >= 0.6 is 15.9 Å². The molecule has 8 heteroatoms. The number of nitrogens with one attached hydrogen (secondary N) is 1. The van der Waals surface area contributed by atoms with E-state index in [9.17, 15) is 14.4 Å². The van der Waals surface area contributed by atoms with E-state index in [-0.39, 0.29) is 25.5 Å². The van der Waals surface area contributed by atoms with E-state index < -0.39 is 11.8 Å². The molecule has 3 amide bonds. The van der Waals surface area contributed by atoms with Gasteiger partial charge in [-0.05, 0) is 40.5 Å². The van der Waals surface area contributed by atoms with Gasteiger partial charge in [-0.2, -0.15) is 0 Å². The maximum atomic E-state index is 11.9. The fraction of sp³-hybridized carbons (Fsp3) is 0.308. The molecule has 1 aromatic carbocycles. The van der Waals surface area contributed by atoms with Crippen LogP contribution in [0.5, 0.6) is 0 Å². The fourth-order valence-electron chi connectivity index (χ4n) is 1.72. The van der Waals surface area contributed by atoms with Gasteiger partial charge in [0, 0.05) is 4.47 Å². The van der Waals surface area contributed by atoms with Crippen molar-refractivity contribution in [2.24, 2.45) is 11.5 Å². The van der Waals surface area contributed by atoms with Crippen LogP contribution in [-0.2, 0) is 14.4 Å². The highest BCUT2D eigenvalue weighted by molar-refractivity contribution is 9.10. The SMILES string of the molecule is Cc1ccc(NC(=O)CN(CC(N)=O)CC(N)=O)c(Br)c1. The molecular formula is C13H17BrN4O3. The monoisotopic (exact) mass is 356 g/mol. The molecule has 0 aliphatic rings. The molecule has 0 unspecified atom stereocenters. The van der Waals surface area contributed by atoms with Gasteiger partial charge in [-0.25, -0.2) is 0 Å². The van der Waals surface area contributed by atoms with E-state index in [1.165, 1.54) is 4.90 Å². The molecule has 0 fully saturated rings. The quantitative estimate of drug-likeness (QED) is 0.635. The molecule has 5 N–H and O–H groups in total. The number of benzene rings is 1. The Labute approximate surface area is 130 Å². The third kappa shape index (κ3) is 6.37. The van der Waals surface area contributed by atoms with Crippen molar-refractivity contribution in [3.8, 4) is 0 Å². The molecule has 0 saturated carbocycles. The lowest BCUT2D eigenvalue weighted by Gasteiger charge is -2.18. The van der Waals surface area contributed by atoms with Crippen LogP contribution in [0.3, 0.4) is 0 Å². The van der Waals surface area contributed by atoms with E-state index in [4.69, 9.17) is 11.5 Å². The van der Waals surface area contributed by atoms with Crippen molar-refractivity contribution in [2.75, 3.05) is 25.0 Å². The van der Waals surface area contributed by atoms with Gasteiger partial charge in [-0.15, -0.1) is 0 Å². The zero-order chi connectivity index (χ0) is 16.0. The number of hydrogen-bond acceptors (Lipinski definition) is 4. The first-order valence-electron chi connectivity index (χ1n) is 6.13. The van der Waals surface area contributed by atoms with E-state index in [0.717, 1.165) is 10.0 Å². The van der Waals surface area contributed by atoms with E-state index in [2.05, 4.69) is 21.2 Å². The summed E-state index contributed by atoms with van der Waals surface area (Å²) in [6.07, 6.45) is 0. The maximum Gasteiger partial charge on any atom is 0.238 e. The Morgan fingerprint density at radius 2 is 1.71 bits per heavy atom. The number of anilines is 1. The largest absolute Gasteiger partial charge is 0.369 e. The van der Waals surface area contributed by atoms with Crippen molar-refractivity contribution < 1.29 is 14.4 Å². The molecule has 0 spiro atoms. The smallest absolute Gasteiger partial charge is 0.238 e. The Hall–Kier alpha value is -1.93. The minimum atomic E-state index is -0.638. The lowest BCUT2D eigenvalue weighted by Crippen LogP contribution is -2.43. The predicted octanol–water partition coefficient (Wildman–Crippen LogP) is -0.0314. The van der Waals surface area contributed by atoms with Crippen LogP contribution in [0.2, 0.25) is 0 Å². The van der Waals surface area contributed by atoms with Gasteiger partial charge in [0.15, 0.2) is 0 Å². The lowest BCUT2D eigenvalue weighted by atomic mass is 10.2. The Balaban J connectivity index is 2.68. The first kappa shape index (κ1) is 17.1. The number of halogens is 1. The fourth-order valence-corrected chi connectivity index (χ4v) is 2.32. The Morgan fingerprint density at radius 3 is 2.19 bits per heavy atom. The molecule has 0 aliphatic carbocycles. The molecule has 1 aromatic rings. The molecule has 0 bridgehead atoms. The van der Waals surface area contributed by atoms with Gasteiger partial charge in [0.05, 0.1) is 25.3 Å². The molecule has 0 radical (unpaired) electrons. The molecule has 114 valence electrons. The number of amides is 3. The molecule has 0 saturated heterocycles. The highest BCUT2D eigenvalue weighted by atomic mass is 79.9. The molecule has 0 atom stereocenters. The Morgan fingerprint density at radius 1 is 1.14 bits per heavy atom. The van der Waals surface area contributed by atoms with Crippen LogP contribution in [0.1, 0.15) is 5.56 Å². The minimum absolute atomic E-state index is 0.161. The van der Waals surface area contributed by atoms with Gasteiger partial charge in [0.2, 0.25) is 17.7 Å². The summed E-state index contributed by atoms with van der Waals surface area (Å²) < 4.78 is 0.743. The second-order valence-corrected chi connectivity index (χ2v) is 5.46. The molecule has 0 aromatic heterocycles. The van der Waals surface area contributed by atoms with E-state index in [1.54, 1.807) is 6.07 Å². The van der Waals surface area contributed by atoms with Crippen LogP contribution in [0.4, 0.5) is 5.69 Å². The molecule has 21 heavy (non-hydrogen) atoms. The van der Waals surface area contributed by atoms with E-state index in [0.29, 0.717) is 5.69 Å². The molecular weight excluding hydrogens is 340 g/mol. The van der Waals surface area contributed by atoms with Gasteiger partial charge < -0.3 is 16.8 Å². The highest BCUT2D eigenvalue weighted by Crippen LogP contribution is 2.23. The van der Waals surface area contributed by atoms with Crippen molar-refractivity contribution in [3.63, 3.8) is 0 Å². The summed E-state index contributed by atoms with van der Waals surface area (Å²) >= 11 is 3.35. The summed E-state index contributed by atoms with van der Waals surface area (Å²) in [6.45, 7) is 1.33.